The Morgan fingerprint density at radius 1 is 1.19 bits per heavy atom. The molecule has 3 rings (SSSR count). The second kappa shape index (κ2) is 5.90. The molecular weight excluding hydrogens is 266 g/mol. The summed E-state index contributed by atoms with van der Waals surface area (Å²) in [5, 5.41) is 12.8. The van der Waals surface area contributed by atoms with Crippen LogP contribution in [0.5, 0.6) is 5.75 Å². The summed E-state index contributed by atoms with van der Waals surface area (Å²) in [5.41, 5.74) is 3.06. The minimum absolute atomic E-state index is 0.248. The second-order valence-electron chi connectivity index (χ2n) is 5.85. The van der Waals surface area contributed by atoms with E-state index < -0.39 is 5.72 Å². The number of nitrogens with one attached hydrogen (secondary N) is 1. The number of benzene rings is 1. The molecule has 1 aromatic rings. The van der Waals surface area contributed by atoms with E-state index in [4.69, 9.17) is 4.74 Å². The number of phenols is 1. The number of hydrogen-bond acceptors (Lipinski definition) is 4. The van der Waals surface area contributed by atoms with Crippen LogP contribution in [0.3, 0.4) is 0 Å². The molecule has 1 aromatic carbocycles. The lowest BCUT2D eigenvalue weighted by Crippen LogP contribution is -2.54. The van der Waals surface area contributed by atoms with Crippen LogP contribution in [0.15, 0.2) is 35.4 Å². The van der Waals surface area contributed by atoms with Gasteiger partial charge in [0.15, 0.2) is 5.72 Å². The summed E-state index contributed by atoms with van der Waals surface area (Å²) >= 11 is 0. The van der Waals surface area contributed by atoms with Gasteiger partial charge in [0.2, 0.25) is 0 Å². The van der Waals surface area contributed by atoms with Gasteiger partial charge in [0.05, 0.1) is 0 Å². The smallest absolute Gasteiger partial charge is 0.295 e. The maximum Gasteiger partial charge on any atom is 0.295 e. The summed E-state index contributed by atoms with van der Waals surface area (Å²) in [7, 11) is 0. The van der Waals surface area contributed by atoms with Crippen LogP contribution in [0.25, 0.3) is 0 Å². The lowest BCUT2D eigenvalue weighted by Gasteiger charge is -2.42. The highest BCUT2D eigenvalue weighted by molar-refractivity contribution is 5.43. The molecule has 1 unspecified atom stereocenters. The minimum atomic E-state index is -0.702. The van der Waals surface area contributed by atoms with Crippen molar-refractivity contribution in [2.45, 2.75) is 44.2 Å². The van der Waals surface area contributed by atoms with Gasteiger partial charge < -0.3 is 9.84 Å². The molecule has 0 saturated carbocycles. The zero-order valence-corrected chi connectivity index (χ0v) is 12.1. The summed E-state index contributed by atoms with van der Waals surface area (Å²) in [6.07, 6.45) is 6.15. The van der Waals surface area contributed by atoms with E-state index in [1.54, 1.807) is 12.1 Å². The number of carbonyl (C=O) groups excluding carboxylic acids is 1. The average Bonchev–Trinajstić information content (AvgIpc) is 2.51. The first-order valence-corrected chi connectivity index (χ1v) is 7.59. The molecule has 0 radical (unpaired) electrons. The summed E-state index contributed by atoms with van der Waals surface area (Å²) in [6.45, 7) is 1.39. The van der Waals surface area contributed by atoms with Crippen LogP contribution in [0, 0.1) is 0 Å². The lowest BCUT2D eigenvalue weighted by molar-refractivity contribution is -0.143. The molecule has 1 aliphatic heterocycles. The van der Waals surface area contributed by atoms with E-state index in [9.17, 15) is 9.90 Å². The Kier molecular flexibility index (Phi) is 3.97. The minimum Gasteiger partial charge on any atom is -0.508 e. The topological polar surface area (TPSA) is 58.6 Å². The highest BCUT2D eigenvalue weighted by Crippen LogP contribution is 2.39. The standard InChI is InChI=1S/C17H21NO3/c19-12-21-17(11-13-5-7-15(20)8-6-13)16-4-2-1-3-14(16)9-10-18-17/h5-8,12,18,20H,1-4,9-11H2. The van der Waals surface area contributed by atoms with E-state index >= 15 is 0 Å². The van der Waals surface area contributed by atoms with Crippen molar-refractivity contribution in [1.29, 1.82) is 0 Å². The molecule has 21 heavy (non-hydrogen) atoms. The number of aromatic hydroxyl groups is 1. The highest BCUT2D eigenvalue weighted by Gasteiger charge is 2.40. The van der Waals surface area contributed by atoms with Crippen LogP contribution < -0.4 is 5.32 Å². The summed E-state index contributed by atoms with van der Waals surface area (Å²) < 4.78 is 5.56. The third-order valence-corrected chi connectivity index (χ3v) is 4.55. The van der Waals surface area contributed by atoms with Crippen LogP contribution in [-0.2, 0) is 16.0 Å². The number of phenolic OH excluding ortho intramolecular Hbond substituents is 1. The van der Waals surface area contributed by atoms with Crippen molar-refractivity contribution in [3.63, 3.8) is 0 Å². The van der Waals surface area contributed by atoms with Gasteiger partial charge >= 0.3 is 0 Å². The highest BCUT2D eigenvalue weighted by atomic mass is 16.6. The van der Waals surface area contributed by atoms with E-state index in [0.717, 1.165) is 37.8 Å². The van der Waals surface area contributed by atoms with Gasteiger partial charge in [0, 0.05) is 13.0 Å². The Morgan fingerprint density at radius 2 is 1.95 bits per heavy atom. The first-order chi connectivity index (χ1) is 10.2. The van der Waals surface area contributed by atoms with Crippen molar-refractivity contribution in [2.24, 2.45) is 0 Å². The first kappa shape index (κ1) is 14.1. The van der Waals surface area contributed by atoms with Crippen molar-refractivity contribution in [3.8, 4) is 5.75 Å². The van der Waals surface area contributed by atoms with Gasteiger partial charge in [-0.2, -0.15) is 0 Å². The quantitative estimate of drug-likeness (QED) is 0.660. The second-order valence-corrected chi connectivity index (χ2v) is 5.85. The van der Waals surface area contributed by atoms with Crippen molar-refractivity contribution >= 4 is 6.47 Å². The summed E-state index contributed by atoms with van der Waals surface area (Å²) in [5.74, 6) is 0.248. The normalized spacial score (nSPS) is 25.3. The number of carbonyl (C=O) groups is 1. The molecule has 0 spiro atoms. The van der Waals surface area contributed by atoms with Crippen LogP contribution in [0.1, 0.15) is 37.7 Å². The molecule has 112 valence electrons. The largest absolute Gasteiger partial charge is 0.508 e. The van der Waals surface area contributed by atoms with Crippen molar-refractivity contribution in [2.75, 3.05) is 6.54 Å². The Hall–Kier alpha value is -1.81. The Bertz CT molecular complexity index is 546. The fourth-order valence-corrected chi connectivity index (χ4v) is 3.56. The molecule has 1 atom stereocenters. The van der Waals surface area contributed by atoms with E-state index in [2.05, 4.69) is 5.32 Å². The molecule has 2 N–H and O–H groups in total. The third kappa shape index (κ3) is 2.81. The Balaban J connectivity index is 1.94. The molecule has 0 fully saturated rings. The zero-order valence-electron chi connectivity index (χ0n) is 12.1. The number of hydrogen-bond donors (Lipinski definition) is 2. The molecule has 2 aliphatic rings. The van der Waals surface area contributed by atoms with Gasteiger partial charge in [-0.25, -0.2) is 0 Å². The zero-order chi connectivity index (χ0) is 14.7. The summed E-state index contributed by atoms with van der Waals surface area (Å²) in [4.78, 5) is 11.1. The van der Waals surface area contributed by atoms with E-state index in [1.807, 2.05) is 12.1 Å². The van der Waals surface area contributed by atoms with Crippen LogP contribution in [-0.4, -0.2) is 23.8 Å². The molecule has 4 heteroatoms. The molecule has 4 nitrogen and oxygen atoms in total. The van der Waals surface area contributed by atoms with E-state index in [-0.39, 0.29) is 5.75 Å². The van der Waals surface area contributed by atoms with E-state index in [0.29, 0.717) is 12.9 Å². The molecule has 0 bridgehead atoms. The maximum atomic E-state index is 11.1. The van der Waals surface area contributed by atoms with E-state index in [1.165, 1.54) is 17.6 Å². The molecule has 0 amide bonds. The fraction of sp³-hybridized carbons (Fsp3) is 0.471. The van der Waals surface area contributed by atoms with Gasteiger partial charge in [-0.05, 0) is 55.4 Å². The van der Waals surface area contributed by atoms with Gasteiger partial charge in [-0.3, -0.25) is 10.1 Å². The first-order valence-electron chi connectivity index (χ1n) is 7.59. The Morgan fingerprint density at radius 3 is 2.71 bits per heavy atom. The van der Waals surface area contributed by atoms with Crippen molar-refractivity contribution in [1.82, 2.24) is 5.32 Å². The molecule has 1 aliphatic carbocycles. The Labute approximate surface area is 124 Å². The predicted octanol–water partition coefficient (Wildman–Crippen LogP) is 2.67. The molecular formula is C17H21NO3. The lowest BCUT2D eigenvalue weighted by atomic mass is 9.79. The van der Waals surface area contributed by atoms with Crippen molar-refractivity contribution in [3.05, 3.63) is 41.0 Å². The number of ether oxygens (including phenoxy) is 1. The van der Waals surface area contributed by atoms with Gasteiger partial charge in [0.25, 0.3) is 6.47 Å². The average molecular weight is 287 g/mol. The molecule has 0 saturated heterocycles. The van der Waals surface area contributed by atoms with Crippen LogP contribution >= 0.6 is 0 Å². The molecule has 0 aromatic heterocycles. The fourth-order valence-electron chi connectivity index (χ4n) is 3.56. The monoisotopic (exact) mass is 287 g/mol. The molecule has 1 heterocycles. The van der Waals surface area contributed by atoms with Crippen LogP contribution in [0.2, 0.25) is 0 Å². The maximum absolute atomic E-state index is 11.1. The van der Waals surface area contributed by atoms with Crippen molar-refractivity contribution < 1.29 is 14.6 Å². The summed E-state index contributed by atoms with van der Waals surface area (Å²) in [6, 6.07) is 7.10. The predicted molar refractivity (Wildman–Crippen MR) is 79.8 cm³/mol. The third-order valence-electron chi connectivity index (χ3n) is 4.55. The number of rotatable bonds is 4. The van der Waals surface area contributed by atoms with Crippen LogP contribution in [0.4, 0.5) is 0 Å². The van der Waals surface area contributed by atoms with Gasteiger partial charge in [-0.1, -0.05) is 17.7 Å². The van der Waals surface area contributed by atoms with Gasteiger partial charge in [-0.15, -0.1) is 0 Å². The SMILES string of the molecule is O=COC1(Cc2ccc(O)cc2)NCCC2=C1CCCC2. The van der Waals surface area contributed by atoms with Gasteiger partial charge in [0.1, 0.15) is 5.75 Å².